The number of nitrogens with one attached hydrogen (secondary N) is 1. The third-order valence-corrected chi connectivity index (χ3v) is 6.47. The lowest BCUT2D eigenvalue weighted by Crippen LogP contribution is -2.31. The lowest BCUT2D eigenvalue weighted by molar-refractivity contribution is -0.116. The number of methoxy groups -OCH3 is 1. The van der Waals surface area contributed by atoms with Crippen LogP contribution in [0, 0.1) is 0 Å². The van der Waals surface area contributed by atoms with Crippen molar-refractivity contribution in [2.45, 2.75) is 19.3 Å². The van der Waals surface area contributed by atoms with Gasteiger partial charge in [-0.05, 0) is 66.4 Å². The summed E-state index contributed by atoms with van der Waals surface area (Å²) in [6.45, 7) is 0.153. The summed E-state index contributed by atoms with van der Waals surface area (Å²) in [6, 6.07) is 16.4. The third kappa shape index (κ3) is 7.20. The Balaban J connectivity index is 1.54. The van der Waals surface area contributed by atoms with Gasteiger partial charge in [0.1, 0.15) is 5.75 Å². The summed E-state index contributed by atoms with van der Waals surface area (Å²) in [5.74, 6) is 0.276. The standard InChI is InChI=1S/C24H26ClN3O4S/c1-32-23-10-9-21(17-22(23)25)28(33(2,30)31)15-3-4-24(29)27-20-7-5-18(6-8-20)16-19-11-13-26-14-12-19/h5-14,17H,3-4,15-16H2,1-2H3,(H,27,29). The lowest BCUT2D eigenvalue weighted by atomic mass is 10.1. The Morgan fingerprint density at radius 2 is 1.73 bits per heavy atom. The number of rotatable bonds is 10. The number of sulfonamides is 1. The molecule has 1 N–H and O–H groups in total. The third-order valence-electron chi connectivity index (χ3n) is 4.98. The second-order valence-corrected chi connectivity index (χ2v) is 9.85. The number of halogens is 1. The first-order valence-corrected chi connectivity index (χ1v) is 12.6. The molecule has 0 aliphatic carbocycles. The summed E-state index contributed by atoms with van der Waals surface area (Å²) in [5.41, 5.74) is 3.41. The predicted molar refractivity (Wildman–Crippen MR) is 132 cm³/mol. The molecule has 174 valence electrons. The molecule has 33 heavy (non-hydrogen) atoms. The van der Waals surface area contributed by atoms with Gasteiger partial charge in [-0.3, -0.25) is 14.1 Å². The van der Waals surface area contributed by atoms with E-state index in [1.54, 1.807) is 24.5 Å². The van der Waals surface area contributed by atoms with Crippen molar-refractivity contribution in [3.8, 4) is 5.75 Å². The predicted octanol–water partition coefficient (Wildman–Crippen LogP) is 4.52. The average molecular weight is 488 g/mol. The smallest absolute Gasteiger partial charge is 0.232 e. The van der Waals surface area contributed by atoms with Gasteiger partial charge in [-0.1, -0.05) is 23.7 Å². The molecule has 0 aliphatic rings. The second kappa shape index (κ2) is 11.2. The molecule has 0 atom stereocenters. The van der Waals surface area contributed by atoms with Crippen LogP contribution in [0.4, 0.5) is 11.4 Å². The Bertz CT molecular complexity index is 1190. The highest BCUT2D eigenvalue weighted by molar-refractivity contribution is 7.92. The van der Waals surface area contributed by atoms with E-state index in [9.17, 15) is 13.2 Å². The van der Waals surface area contributed by atoms with E-state index in [1.807, 2.05) is 36.4 Å². The molecule has 0 saturated heterocycles. The van der Waals surface area contributed by atoms with Crippen LogP contribution in [-0.2, 0) is 21.2 Å². The van der Waals surface area contributed by atoms with E-state index in [4.69, 9.17) is 16.3 Å². The maximum absolute atomic E-state index is 12.4. The van der Waals surface area contributed by atoms with Crippen LogP contribution in [0.5, 0.6) is 5.75 Å². The molecule has 3 rings (SSSR count). The van der Waals surface area contributed by atoms with Gasteiger partial charge in [0, 0.05) is 31.0 Å². The normalized spacial score (nSPS) is 11.1. The molecule has 2 aromatic carbocycles. The number of carbonyl (C=O) groups excluding carboxylic acids is 1. The Morgan fingerprint density at radius 1 is 1.06 bits per heavy atom. The van der Waals surface area contributed by atoms with E-state index in [0.717, 1.165) is 23.8 Å². The van der Waals surface area contributed by atoms with E-state index >= 15 is 0 Å². The highest BCUT2D eigenvalue weighted by atomic mass is 35.5. The zero-order valence-electron chi connectivity index (χ0n) is 18.5. The minimum absolute atomic E-state index is 0.153. The second-order valence-electron chi connectivity index (χ2n) is 7.53. The fraction of sp³-hybridized carbons (Fsp3) is 0.250. The van der Waals surface area contributed by atoms with Gasteiger partial charge in [-0.15, -0.1) is 0 Å². The molecule has 1 heterocycles. The minimum Gasteiger partial charge on any atom is -0.495 e. The van der Waals surface area contributed by atoms with Crippen LogP contribution in [-0.4, -0.2) is 39.2 Å². The van der Waals surface area contributed by atoms with Crippen molar-refractivity contribution in [3.05, 3.63) is 83.1 Å². The molecular formula is C24H26ClN3O4S. The minimum atomic E-state index is -3.54. The topological polar surface area (TPSA) is 88.6 Å². The van der Waals surface area contributed by atoms with E-state index in [0.29, 0.717) is 28.6 Å². The monoisotopic (exact) mass is 487 g/mol. The molecule has 1 amide bonds. The van der Waals surface area contributed by atoms with E-state index in [2.05, 4.69) is 10.3 Å². The Hall–Kier alpha value is -3.10. The van der Waals surface area contributed by atoms with Crippen LogP contribution in [0.2, 0.25) is 5.02 Å². The fourth-order valence-electron chi connectivity index (χ4n) is 3.35. The molecule has 0 radical (unpaired) electrons. The van der Waals surface area contributed by atoms with Gasteiger partial charge in [-0.25, -0.2) is 8.42 Å². The summed E-state index contributed by atoms with van der Waals surface area (Å²) in [7, 11) is -2.06. The van der Waals surface area contributed by atoms with Gasteiger partial charge in [0.2, 0.25) is 15.9 Å². The van der Waals surface area contributed by atoms with Crippen molar-refractivity contribution in [3.63, 3.8) is 0 Å². The van der Waals surface area contributed by atoms with Crippen LogP contribution in [0.25, 0.3) is 0 Å². The molecule has 0 fully saturated rings. The Morgan fingerprint density at radius 3 is 2.33 bits per heavy atom. The van der Waals surface area contributed by atoms with Crippen molar-refractivity contribution < 1.29 is 17.9 Å². The van der Waals surface area contributed by atoms with Gasteiger partial charge < -0.3 is 10.1 Å². The number of amides is 1. The molecule has 0 unspecified atom stereocenters. The number of aromatic nitrogens is 1. The zero-order chi connectivity index (χ0) is 23.8. The van der Waals surface area contributed by atoms with Gasteiger partial charge >= 0.3 is 0 Å². The van der Waals surface area contributed by atoms with E-state index in [-0.39, 0.29) is 18.9 Å². The quantitative estimate of drug-likeness (QED) is 0.454. The number of carbonyl (C=O) groups is 1. The largest absolute Gasteiger partial charge is 0.495 e. The van der Waals surface area contributed by atoms with Crippen molar-refractivity contribution in [2.24, 2.45) is 0 Å². The van der Waals surface area contributed by atoms with Crippen LogP contribution < -0.4 is 14.4 Å². The summed E-state index contributed by atoms with van der Waals surface area (Å²) in [4.78, 5) is 16.4. The molecule has 0 bridgehead atoms. The molecule has 1 aromatic heterocycles. The van der Waals surface area contributed by atoms with Crippen molar-refractivity contribution in [1.82, 2.24) is 4.98 Å². The maximum atomic E-state index is 12.4. The SMILES string of the molecule is COc1ccc(N(CCCC(=O)Nc2ccc(Cc3ccncc3)cc2)S(C)(=O)=O)cc1Cl. The lowest BCUT2D eigenvalue weighted by Gasteiger charge is -2.23. The van der Waals surface area contributed by atoms with Crippen molar-refractivity contribution in [1.29, 1.82) is 0 Å². The molecule has 9 heteroatoms. The number of anilines is 2. The first-order chi connectivity index (χ1) is 15.8. The van der Waals surface area contributed by atoms with E-state index < -0.39 is 10.0 Å². The first kappa shape index (κ1) is 24.5. The van der Waals surface area contributed by atoms with Gasteiger partial charge in [-0.2, -0.15) is 0 Å². The van der Waals surface area contributed by atoms with Crippen molar-refractivity contribution in [2.75, 3.05) is 29.5 Å². The summed E-state index contributed by atoms with van der Waals surface area (Å²) in [5, 5.41) is 3.17. The molecule has 7 nitrogen and oxygen atoms in total. The molecule has 0 aliphatic heterocycles. The number of pyridine rings is 1. The molecule has 0 saturated carbocycles. The van der Waals surface area contributed by atoms with E-state index in [1.165, 1.54) is 17.5 Å². The maximum Gasteiger partial charge on any atom is 0.232 e. The summed E-state index contributed by atoms with van der Waals surface area (Å²) >= 11 is 6.14. The molecular weight excluding hydrogens is 462 g/mol. The fourth-order valence-corrected chi connectivity index (χ4v) is 4.55. The van der Waals surface area contributed by atoms with Crippen LogP contribution >= 0.6 is 11.6 Å². The number of nitrogens with zero attached hydrogens (tertiary/aromatic N) is 2. The van der Waals surface area contributed by atoms with Gasteiger partial charge in [0.15, 0.2) is 0 Å². The summed E-state index contributed by atoms with van der Waals surface area (Å²) < 4.78 is 30.9. The number of hydrogen-bond acceptors (Lipinski definition) is 5. The van der Waals surface area contributed by atoms with Gasteiger partial charge in [0.05, 0.1) is 24.1 Å². The average Bonchev–Trinajstić information content (AvgIpc) is 2.78. The molecule has 3 aromatic rings. The zero-order valence-corrected chi connectivity index (χ0v) is 20.1. The number of benzene rings is 2. The summed E-state index contributed by atoms with van der Waals surface area (Å²) in [6.07, 6.45) is 5.96. The Labute approximate surface area is 199 Å². The van der Waals surface area contributed by atoms with Crippen LogP contribution in [0.3, 0.4) is 0 Å². The van der Waals surface area contributed by atoms with Crippen LogP contribution in [0.15, 0.2) is 67.0 Å². The first-order valence-electron chi connectivity index (χ1n) is 10.3. The van der Waals surface area contributed by atoms with Gasteiger partial charge in [0.25, 0.3) is 0 Å². The van der Waals surface area contributed by atoms with Crippen molar-refractivity contribution >= 4 is 38.9 Å². The highest BCUT2D eigenvalue weighted by Crippen LogP contribution is 2.30. The van der Waals surface area contributed by atoms with Crippen LogP contribution in [0.1, 0.15) is 24.0 Å². The Kier molecular flexibility index (Phi) is 8.30. The number of ether oxygens (including phenoxy) is 1. The highest BCUT2D eigenvalue weighted by Gasteiger charge is 2.19. The molecule has 0 spiro atoms. The number of hydrogen-bond donors (Lipinski definition) is 1.